The van der Waals surface area contributed by atoms with Crippen LogP contribution in [-0.4, -0.2) is 16.5 Å². The van der Waals surface area contributed by atoms with E-state index in [0.717, 1.165) is 16.6 Å². The van der Waals surface area contributed by atoms with Gasteiger partial charge in [-0.3, -0.25) is 4.98 Å². The van der Waals surface area contributed by atoms with Crippen molar-refractivity contribution in [2.45, 2.75) is 13.5 Å². The van der Waals surface area contributed by atoms with Gasteiger partial charge in [0.15, 0.2) is 5.13 Å². The first-order chi connectivity index (χ1) is 8.28. The molecule has 0 spiro atoms. The summed E-state index contributed by atoms with van der Waals surface area (Å²) < 4.78 is 5.56. The second kappa shape index (κ2) is 5.84. The fourth-order valence-corrected chi connectivity index (χ4v) is 2.19. The molecule has 0 amide bonds. The van der Waals surface area contributed by atoms with Crippen molar-refractivity contribution in [3.8, 4) is 5.75 Å². The van der Waals surface area contributed by atoms with Gasteiger partial charge in [-0.2, -0.15) is 0 Å². The van der Waals surface area contributed by atoms with E-state index in [2.05, 4.69) is 15.3 Å². The molecular formula is C11H12ClN3OS. The van der Waals surface area contributed by atoms with E-state index < -0.39 is 0 Å². The second-order valence-corrected chi connectivity index (χ2v) is 4.84. The van der Waals surface area contributed by atoms with Gasteiger partial charge < -0.3 is 10.1 Å². The Morgan fingerprint density at radius 2 is 2.29 bits per heavy atom. The number of aromatic nitrogens is 2. The SMILES string of the molecule is CCNc1ncc(COc2cncc(Cl)c2)s1. The minimum Gasteiger partial charge on any atom is -0.486 e. The second-order valence-electron chi connectivity index (χ2n) is 3.29. The highest BCUT2D eigenvalue weighted by Gasteiger charge is 2.02. The van der Waals surface area contributed by atoms with Crippen LogP contribution in [0.3, 0.4) is 0 Å². The third kappa shape index (κ3) is 3.57. The van der Waals surface area contributed by atoms with E-state index in [0.29, 0.717) is 17.4 Å². The zero-order chi connectivity index (χ0) is 12.1. The Kier molecular flexibility index (Phi) is 4.17. The van der Waals surface area contributed by atoms with Crippen LogP contribution >= 0.6 is 22.9 Å². The monoisotopic (exact) mass is 269 g/mol. The van der Waals surface area contributed by atoms with Crippen molar-refractivity contribution in [1.29, 1.82) is 0 Å². The molecule has 2 heterocycles. The van der Waals surface area contributed by atoms with Crippen LogP contribution in [-0.2, 0) is 6.61 Å². The molecule has 2 rings (SSSR count). The summed E-state index contributed by atoms with van der Waals surface area (Å²) in [6, 6.07) is 1.74. The lowest BCUT2D eigenvalue weighted by molar-refractivity contribution is 0.308. The van der Waals surface area contributed by atoms with E-state index in [1.165, 1.54) is 0 Å². The van der Waals surface area contributed by atoms with E-state index in [4.69, 9.17) is 16.3 Å². The highest BCUT2D eigenvalue weighted by molar-refractivity contribution is 7.15. The number of hydrogen-bond donors (Lipinski definition) is 1. The summed E-state index contributed by atoms with van der Waals surface area (Å²) in [5, 5.41) is 4.64. The van der Waals surface area contributed by atoms with Gasteiger partial charge in [-0.05, 0) is 6.92 Å². The van der Waals surface area contributed by atoms with Crippen molar-refractivity contribution in [1.82, 2.24) is 9.97 Å². The number of anilines is 1. The van der Waals surface area contributed by atoms with Crippen molar-refractivity contribution in [3.63, 3.8) is 0 Å². The van der Waals surface area contributed by atoms with Crippen LogP contribution in [0.5, 0.6) is 5.75 Å². The molecule has 0 unspecified atom stereocenters. The number of hydrogen-bond acceptors (Lipinski definition) is 5. The molecule has 0 aliphatic carbocycles. The lowest BCUT2D eigenvalue weighted by Gasteiger charge is -2.03. The fourth-order valence-electron chi connectivity index (χ4n) is 1.23. The van der Waals surface area contributed by atoms with Crippen LogP contribution < -0.4 is 10.1 Å². The van der Waals surface area contributed by atoms with Gasteiger partial charge in [0.25, 0.3) is 0 Å². The molecule has 6 heteroatoms. The molecule has 0 aliphatic heterocycles. The maximum Gasteiger partial charge on any atom is 0.182 e. The molecule has 0 saturated carbocycles. The molecule has 0 fully saturated rings. The lowest BCUT2D eigenvalue weighted by Crippen LogP contribution is -1.94. The van der Waals surface area contributed by atoms with E-state index >= 15 is 0 Å². The number of thiazole rings is 1. The quantitative estimate of drug-likeness (QED) is 0.905. The molecule has 0 aromatic carbocycles. The molecule has 0 aliphatic rings. The van der Waals surface area contributed by atoms with Crippen LogP contribution in [0.15, 0.2) is 24.7 Å². The first kappa shape index (κ1) is 12.1. The summed E-state index contributed by atoms with van der Waals surface area (Å²) in [6.45, 7) is 3.38. The maximum absolute atomic E-state index is 5.81. The van der Waals surface area contributed by atoms with Crippen molar-refractivity contribution < 1.29 is 4.74 Å². The Bertz CT molecular complexity index is 489. The summed E-state index contributed by atoms with van der Waals surface area (Å²) in [5.41, 5.74) is 0. The van der Waals surface area contributed by atoms with Crippen molar-refractivity contribution in [3.05, 3.63) is 34.6 Å². The van der Waals surface area contributed by atoms with E-state index in [1.807, 2.05) is 6.92 Å². The van der Waals surface area contributed by atoms with Gasteiger partial charge in [-0.15, -0.1) is 0 Å². The highest BCUT2D eigenvalue weighted by atomic mass is 35.5. The maximum atomic E-state index is 5.81. The van der Waals surface area contributed by atoms with Crippen LogP contribution in [0, 0.1) is 0 Å². The van der Waals surface area contributed by atoms with Crippen molar-refractivity contribution >= 4 is 28.1 Å². The van der Waals surface area contributed by atoms with Gasteiger partial charge in [-0.25, -0.2) is 4.98 Å². The Hall–Kier alpha value is -1.33. The zero-order valence-corrected chi connectivity index (χ0v) is 10.9. The summed E-state index contributed by atoms with van der Waals surface area (Å²) in [4.78, 5) is 9.23. The summed E-state index contributed by atoms with van der Waals surface area (Å²) >= 11 is 7.39. The number of pyridine rings is 1. The van der Waals surface area contributed by atoms with E-state index in [9.17, 15) is 0 Å². The van der Waals surface area contributed by atoms with E-state index in [-0.39, 0.29) is 0 Å². The molecule has 0 atom stereocenters. The number of ether oxygens (including phenoxy) is 1. The average Bonchev–Trinajstić information content (AvgIpc) is 2.75. The number of nitrogens with one attached hydrogen (secondary N) is 1. The topological polar surface area (TPSA) is 47.0 Å². The van der Waals surface area contributed by atoms with Gasteiger partial charge in [0.05, 0.1) is 16.1 Å². The Morgan fingerprint density at radius 3 is 3.06 bits per heavy atom. The first-order valence-electron chi connectivity index (χ1n) is 5.20. The minimum absolute atomic E-state index is 0.477. The normalized spacial score (nSPS) is 10.2. The number of nitrogens with zero attached hydrogens (tertiary/aromatic N) is 2. The molecule has 0 bridgehead atoms. The molecule has 0 saturated heterocycles. The molecular weight excluding hydrogens is 258 g/mol. The zero-order valence-electron chi connectivity index (χ0n) is 9.31. The molecule has 2 aromatic heterocycles. The van der Waals surface area contributed by atoms with Crippen molar-refractivity contribution in [2.75, 3.05) is 11.9 Å². The van der Waals surface area contributed by atoms with Crippen LogP contribution in [0.25, 0.3) is 0 Å². The van der Waals surface area contributed by atoms with Gasteiger partial charge >= 0.3 is 0 Å². The average molecular weight is 270 g/mol. The molecule has 90 valence electrons. The number of rotatable bonds is 5. The summed E-state index contributed by atoms with van der Waals surface area (Å²) in [5.74, 6) is 0.663. The predicted octanol–water partition coefficient (Wildman–Crippen LogP) is 3.20. The van der Waals surface area contributed by atoms with Gasteiger partial charge in [0.1, 0.15) is 12.4 Å². The Balaban J connectivity index is 1.93. The fraction of sp³-hybridized carbons (Fsp3) is 0.273. The van der Waals surface area contributed by atoms with Crippen LogP contribution in [0.2, 0.25) is 5.02 Å². The van der Waals surface area contributed by atoms with Gasteiger partial charge in [-0.1, -0.05) is 22.9 Å². The summed E-state index contributed by atoms with van der Waals surface area (Å²) in [7, 11) is 0. The predicted molar refractivity (Wildman–Crippen MR) is 69.9 cm³/mol. The molecule has 17 heavy (non-hydrogen) atoms. The van der Waals surface area contributed by atoms with Gasteiger partial charge in [0.2, 0.25) is 0 Å². The largest absolute Gasteiger partial charge is 0.486 e. The third-order valence-electron chi connectivity index (χ3n) is 1.94. The minimum atomic E-state index is 0.477. The number of halogens is 1. The molecule has 0 radical (unpaired) electrons. The Morgan fingerprint density at radius 1 is 1.41 bits per heavy atom. The molecule has 2 aromatic rings. The molecule has 4 nitrogen and oxygen atoms in total. The standard InChI is InChI=1S/C11H12ClN3OS/c1-2-14-11-15-6-10(17-11)7-16-9-3-8(12)4-13-5-9/h3-6H,2,7H2,1H3,(H,14,15). The van der Waals surface area contributed by atoms with Crippen LogP contribution in [0.4, 0.5) is 5.13 Å². The van der Waals surface area contributed by atoms with Crippen molar-refractivity contribution in [2.24, 2.45) is 0 Å². The first-order valence-corrected chi connectivity index (χ1v) is 6.39. The highest BCUT2D eigenvalue weighted by Crippen LogP contribution is 2.21. The summed E-state index contributed by atoms with van der Waals surface area (Å²) in [6.07, 6.45) is 5.02. The molecule has 1 N–H and O–H groups in total. The van der Waals surface area contributed by atoms with Gasteiger partial charge in [0, 0.05) is 25.0 Å². The smallest absolute Gasteiger partial charge is 0.182 e. The Labute approximate surface area is 109 Å². The van der Waals surface area contributed by atoms with Crippen LogP contribution in [0.1, 0.15) is 11.8 Å². The van der Waals surface area contributed by atoms with E-state index in [1.54, 1.807) is 36.0 Å². The lowest BCUT2D eigenvalue weighted by atomic mass is 10.4. The third-order valence-corrected chi connectivity index (χ3v) is 3.08.